The molecule has 170 valence electrons. The number of aromatic nitrogens is 3. The maximum atomic E-state index is 14.6. The number of halogens is 3. The van der Waals surface area contributed by atoms with E-state index in [1.54, 1.807) is 59.4 Å². The number of aromatic hydroxyl groups is 1. The van der Waals surface area contributed by atoms with Crippen molar-refractivity contribution in [3.8, 4) is 28.1 Å². The molecule has 0 aliphatic heterocycles. The Kier molecular flexibility index (Phi) is 5.85. The van der Waals surface area contributed by atoms with E-state index in [9.17, 15) is 14.3 Å². The van der Waals surface area contributed by atoms with Gasteiger partial charge < -0.3 is 5.11 Å². The van der Waals surface area contributed by atoms with Crippen LogP contribution in [0, 0.1) is 12.7 Å². The fourth-order valence-corrected chi connectivity index (χ4v) is 5.17. The predicted octanol–water partition coefficient (Wildman–Crippen LogP) is 5.89. The van der Waals surface area contributed by atoms with Gasteiger partial charge in [-0.05, 0) is 54.4 Å². The van der Waals surface area contributed by atoms with Crippen molar-refractivity contribution in [3.63, 3.8) is 0 Å². The molecule has 2 aromatic carbocycles. The van der Waals surface area contributed by atoms with Crippen LogP contribution in [0.3, 0.4) is 0 Å². The Morgan fingerprint density at radius 2 is 1.91 bits per heavy atom. The smallest absolute Gasteiger partial charge is 0.354 e. The van der Waals surface area contributed by atoms with E-state index in [0.29, 0.717) is 31.8 Å². The van der Waals surface area contributed by atoms with Crippen LogP contribution >= 0.6 is 34.5 Å². The number of benzene rings is 2. The minimum Gasteiger partial charge on any atom is -0.477 e. The molecule has 0 saturated heterocycles. The van der Waals surface area contributed by atoms with Crippen molar-refractivity contribution in [2.75, 3.05) is 0 Å². The van der Waals surface area contributed by atoms with Gasteiger partial charge in [0, 0.05) is 22.3 Å². The second-order valence-corrected chi connectivity index (χ2v) is 9.89. The molecule has 0 saturated carbocycles. The van der Waals surface area contributed by atoms with Crippen molar-refractivity contribution in [2.24, 2.45) is 0 Å². The van der Waals surface area contributed by atoms with Gasteiger partial charge in [0.2, 0.25) is 0 Å². The fraction of sp³-hybridized carbons (Fsp3) is 0.0800. The van der Waals surface area contributed by atoms with Crippen LogP contribution in [0.4, 0.5) is 4.39 Å². The van der Waals surface area contributed by atoms with Crippen LogP contribution in [0.5, 0.6) is 5.88 Å². The second kappa shape index (κ2) is 8.83. The lowest BCUT2D eigenvalue weighted by Crippen LogP contribution is -2.41. The van der Waals surface area contributed by atoms with E-state index in [4.69, 9.17) is 23.2 Å². The number of fused-ring (bicyclic) bond motifs is 1. The summed E-state index contributed by atoms with van der Waals surface area (Å²) < 4.78 is 18.1. The molecule has 0 bridgehead atoms. The van der Waals surface area contributed by atoms with Gasteiger partial charge in [0.15, 0.2) is 10.0 Å². The van der Waals surface area contributed by atoms with E-state index in [0.717, 1.165) is 10.4 Å². The van der Waals surface area contributed by atoms with Gasteiger partial charge in [-0.1, -0.05) is 41.4 Å². The van der Waals surface area contributed by atoms with Gasteiger partial charge in [-0.2, -0.15) is 8.97 Å². The first-order valence-corrected chi connectivity index (χ1v) is 11.8. The summed E-state index contributed by atoms with van der Waals surface area (Å²) in [5.41, 5.74) is 2.45. The molecule has 0 unspecified atom stereocenters. The van der Waals surface area contributed by atoms with Crippen molar-refractivity contribution in [1.82, 2.24) is 9.38 Å². The van der Waals surface area contributed by atoms with Gasteiger partial charge in [0.05, 0.1) is 11.1 Å². The van der Waals surface area contributed by atoms with E-state index >= 15 is 0 Å². The van der Waals surface area contributed by atoms with Crippen LogP contribution in [-0.4, -0.2) is 14.5 Å². The summed E-state index contributed by atoms with van der Waals surface area (Å²) in [6, 6.07) is 14.9. The Morgan fingerprint density at radius 1 is 1.12 bits per heavy atom. The molecule has 5 rings (SSSR count). The van der Waals surface area contributed by atoms with Crippen LogP contribution in [0.25, 0.3) is 27.9 Å². The topological polar surface area (TPSA) is 58.5 Å². The van der Waals surface area contributed by atoms with Crippen LogP contribution in [0.2, 0.25) is 9.49 Å². The van der Waals surface area contributed by atoms with Gasteiger partial charge in [0.25, 0.3) is 11.5 Å². The van der Waals surface area contributed by atoms with Crippen molar-refractivity contribution in [2.45, 2.75) is 13.5 Å². The highest BCUT2D eigenvalue weighted by atomic mass is 35.5. The van der Waals surface area contributed by atoms with E-state index in [1.807, 2.05) is 13.0 Å². The molecule has 0 radical (unpaired) electrons. The molecule has 5 nitrogen and oxygen atoms in total. The van der Waals surface area contributed by atoms with Crippen LogP contribution in [0.1, 0.15) is 10.4 Å². The number of aryl methyl sites for hydroxylation is 1. The summed E-state index contributed by atoms with van der Waals surface area (Å²) in [6.45, 7) is 2.14. The van der Waals surface area contributed by atoms with E-state index in [2.05, 4.69) is 4.98 Å². The van der Waals surface area contributed by atoms with E-state index in [-0.39, 0.29) is 23.5 Å². The summed E-state index contributed by atoms with van der Waals surface area (Å²) in [6.07, 6.45) is 3.30. The van der Waals surface area contributed by atoms with Crippen LogP contribution in [0.15, 0.2) is 71.8 Å². The van der Waals surface area contributed by atoms with Crippen molar-refractivity contribution >= 4 is 40.2 Å². The molecular formula is C25H17Cl2FN3O2S+. The Bertz CT molecular complexity index is 1630. The average molecular weight is 513 g/mol. The van der Waals surface area contributed by atoms with Gasteiger partial charge >= 0.3 is 5.56 Å². The first kappa shape index (κ1) is 22.5. The Labute approximate surface area is 207 Å². The molecular weight excluding hydrogens is 496 g/mol. The third-order valence-electron chi connectivity index (χ3n) is 5.56. The molecule has 1 N–H and O–H groups in total. The van der Waals surface area contributed by atoms with Crippen molar-refractivity contribution in [1.29, 1.82) is 0 Å². The number of rotatable bonds is 4. The second-order valence-electron chi connectivity index (χ2n) is 7.76. The Balaban J connectivity index is 1.76. The van der Waals surface area contributed by atoms with Gasteiger partial charge in [0.1, 0.15) is 12.4 Å². The van der Waals surface area contributed by atoms with Crippen LogP contribution in [-0.2, 0) is 6.54 Å². The van der Waals surface area contributed by atoms with Gasteiger partial charge in [-0.3, -0.25) is 0 Å². The average Bonchev–Trinajstić information content (AvgIpc) is 3.22. The first-order chi connectivity index (χ1) is 16.3. The maximum Gasteiger partial charge on any atom is 0.354 e. The lowest BCUT2D eigenvalue weighted by molar-refractivity contribution is -0.671. The number of hydrogen-bond acceptors (Lipinski definition) is 4. The monoisotopic (exact) mass is 512 g/mol. The molecule has 0 aliphatic rings. The fourth-order valence-electron chi connectivity index (χ4n) is 4.05. The largest absolute Gasteiger partial charge is 0.477 e. The minimum atomic E-state index is -0.475. The molecule has 0 amide bonds. The van der Waals surface area contributed by atoms with Crippen molar-refractivity contribution < 1.29 is 14.1 Å². The maximum absolute atomic E-state index is 14.6. The van der Waals surface area contributed by atoms with Crippen molar-refractivity contribution in [3.05, 3.63) is 103 Å². The summed E-state index contributed by atoms with van der Waals surface area (Å²) in [4.78, 5) is 18.4. The van der Waals surface area contributed by atoms with E-state index < -0.39 is 5.82 Å². The molecule has 5 aromatic rings. The number of nitrogens with zero attached hydrogens (tertiary/aromatic N) is 3. The minimum absolute atomic E-state index is 0.106. The summed E-state index contributed by atoms with van der Waals surface area (Å²) in [5.74, 6) is -0.672. The highest BCUT2D eigenvalue weighted by Gasteiger charge is 2.27. The molecule has 34 heavy (non-hydrogen) atoms. The quantitative estimate of drug-likeness (QED) is 0.305. The lowest BCUT2D eigenvalue weighted by atomic mass is 9.99. The number of pyridine rings is 1. The third-order valence-corrected chi connectivity index (χ3v) is 6.90. The molecule has 9 heteroatoms. The third kappa shape index (κ3) is 3.96. The molecule has 0 fully saturated rings. The predicted molar refractivity (Wildman–Crippen MR) is 132 cm³/mol. The Hall–Kier alpha value is -3.26. The van der Waals surface area contributed by atoms with E-state index in [1.165, 1.54) is 21.8 Å². The number of thiazole rings is 1. The zero-order valence-electron chi connectivity index (χ0n) is 17.8. The van der Waals surface area contributed by atoms with Gasteiger partial charge in [-0.15, -0.1) is 11.3 Å². The Morgan fingerprint density at radius 3 is 2.65 bits per heavy atom. The standard InChI is InChI=1S/C25H16Cl2FN3O2S/c1-14-4-3-9-30-22(14)31(13-18-12-29-25(27)34-18)24(33)21(23(30)32)16-6-2-5-15(10-16)19-8-7-17(26)11-20(19)28/h2-12H,13H2,1H3/p+1. The number of hydrogen-bond donors (Lipinski definition) is 1. The first-order valence-electron chi connectivity index (χ1n) is 10.3. The highest BCUT2D eigenvalue weighted by Crippen LogP contribution is 2.31. The molecule has 3 aromatic heterocycles. The van der Waals surface area contributed by atoms with Crippen LogP contribution < -0.4 is 10.1 Å². The summed E-state index contributed by atoms with van der Waals surface area (Å²) in [5, 5.41) is 11.7. The summed E-state index contributed by atoms with van der Waals surface area (Å²) >= 11 is 13.2. The molecule has 0 atom stereocenters. The molecule has 0 spiro atoms. The highest BCUT2D eigenvalue weighted by molar-refractivity contribution is 7.15. The zero-order valence-corrected chi connectivity index (χ0v) is 20.1. The summed E-state index contributed by atoms with van der Waals surface area (Å²) in [7, 11) is 0. The molecule has 3 heterocycles. The normalized spacial score (nSPS) is 11.3. The zero-order chi connectivity index (χ0) is 24.0. The lowest BCUT2D eigenvalue weighted by Gasteiger charge is -2.12. The SMILES string of the molecule is Cc1cccn2c(=O)c(-c3cccc(-c4ccc(Cl)cc4F)c3)c(O)[n+](Cc3cnc(Cl)s3)c12. The molecule has 0 aliphatic carbocycles. The van der Waals surface area contributed by atoms with Gasteiger partial charge in [-0.25, -0.2) is 14.2 Å².